The van der Waals surface area contributed by atoms with Crippen LogP contribution in [0.2, 0.25) is 0 Å². The van der Waals surface area contributed by atoms with Crippen molar-refractivity contribution in [3.05, 3.63) is 51.3 Å². The second kappa shape index (κ2) is 6.56. The van der Waals surface area contributed by atoms with Gasteiger partial charge in [0.1, 0.15) is 11.8 Å². The van der Waals surface area contributed by atoms with Crippen LogP contribution in [0.5, 0.6) is 0 Å². The van der Waals surface area contributed by atoms with Crippen LogP contribution in [0.15, 0.2) is 27.6 Å². The highest BCUT2D eigenvalue weighted by Crippen LogP contribution is 2.21. The number of furan rings is 1. The van der Waals surface area contributed by atoms with Crippen molar-refractivity contribution in [3.8, 4) is 0 Å². The third-order valence-electron chi connectivity index (χ3n) is 4.32. The van der Waals surface area contributed by atoms with Crippen molar-refractivity contribution in [1.29, 1.82) is 0 Å². The summed E-state index contributed by atoms with van der Waals surface area (Å²) in [6, 6.07) is 2.77. The number of hydrogen-bond donors (Lipinski definition) is 3. The van der Waals surface area contributed by atoms with Crippen LogP contribution in [0, 0.1) is 13.8 Å². The predicted molar refractivity (Wildman–Crippen MR) is 91.2 cm³/mol. The molecule has 1 unspecified atom stereocenters. The molecule has 3 rings (SSSR count). The maximum absolute atomic E-state index is 12.4. The number of H-pyrrole nitrogens is 1. The third kappa shape index (κ3) is 3.08. The second-order valence-electron chi connectivity index (χ2n) is 5.99. The largest absolute Gasteiger partial charge is 0.467 e. The lowest BCUT2D eigenvalue weighted by molar-refractivity contribution is -0.121. The molecule has 0 aliphatic heterocycles. The number of carbonyl (C=O) groups excluding carboxylic acids is 1. The normalized spacial score (nSPS) is 12.5. The minimum absolute atomic E-state index is 0.0617. The number of aryl methyl sites for hydroxylation is 3. The Morgan fingerprint density at radius 3 is 2.88 bits per heavy atom. The van der Waals surface area contributed by atoms with Gasteiger partial charge in [-0.3, -0.25) is 19.4 Å². The zero-order valence-corrected chi connectivity index (χ0v) is 14.3. The van der Waals surface area contributed by atoms with Crippen LogP contribution >= 0.6 is 0 Å². The molecular formula is C17H20N4O4. The van der Waals surface area contributed by atoms with Gasteiger partial charge in [-0.15, -0.1) is 0 Å². The first kappa shape index (κ1) is 17.0. The molecule has 25 heavy (non-hydrogen) atoms. The SMILES string of the molecule is Cc1nc2c(c(C)c1CC(=O)NC(CO)c1ccco1)c(=O)[nH]n2C. The van der Waals surface area contributed by atoms with Crippen LogP contribution in [0.3, 0.4) is 0 Å². The van der Waals surface area contributed by atoms with E-state index in [0.29, 0.717) is 28.1 Å². The molecule has 8 heteroatoms. The van der Waals surface area contributed by atoms with Crippen molar-refractivity contribution >= 4 is 16.9 Å². The average Bonchev–Trinajstić information content (AvgIpc) is 3.18. The van der Waals surface area contributed by atoms with E-state index in [1.54, 1.807) is 23.9 Å². The highest BCUT2D eigenvalue weighted by Gasteiger charge is 2.20. The number of rotatable bonds is 5. The van der Waals surface area contributed by atoms with Crippen molar-refractivity contribution in [1.82, 2.24) is 20.1 Å². The van der Waals surface area contributed by atoms with E-state index in [0.717, 1.165) is 5.56 Å². The van der Waals surface area contributed by atoms with Gasteiger partial charge in [-0.25, -0.2) is 4.98 Å². The third-order valence-corrected chi connectivity index (χ3v) is 4.32. The summed E-state index contributed by atoms with van der Waals surface area (Å²) in [6.07, 6.45) is 1.55. The van der Waals surface area contributed by atoms with E-state index in [4.69, 9.17) is 4.42 Å². The van der Waals surface area contributed by atoms with E-state index in [-0.39, 0.29) is 24.5 Å². The topological polar surface area (TPSA) is 113 Å². The van der Waals surface area contributed by atoms with Crippen LogP contribution in [0.25, 0.3) is 11.0 Å². The first-order chi connectivity index (χ1) is 11.9. The number of amides is 1. The Labute approximate surface area is 143 Å². The van der Waals surface area contributed by atoms with Gasteiger partial charge in [0, 0.05) is 12.7 Å². The molecular weight excluding hydrogens is 324 g/mol. The molecule has 3 heterocycles. The quantitative estimate of drug-likeness (QED) is 0.635. The molecule has 3 aromatic heterocycles. The van der Waals surface area contributed by atoms with Crippen LogP contribution in [-0.4, -0.2) is 32.4 Å². The van der Waals surface area contributed by atoms with E-state index in [1.165, 1.54) is 6.26 Å². The monoisotopic (exact) mass is 344 g/mol. The number of pyridine rings is 1. The lowest BCUT2D eigenvalue weighted by Crippen LogP contribution is -2.32. The zero-order valence-electron chi connectivity index (χ0n) is 14.3. The van der Waals surface area contributed by atoms with Crippen molar-refractivity contribution in [2.24, 2.45) is 7.05 Å². The maximum Gasteiger partial charge on any atom is 0.273 e. The van der Waals surface area contributed by atoms with Crippen LogP contribution in [0.4, 0.5) is 0 Å². The summed E-state index contributed by atoms with van der Waals surface area (Å²) in [5, 5.41) is 15.4. The van der Waals surface area contributed by atoms with E-state index in [1.807, 2.05) is 13.8 Å². The molecule has 1 amide bonds. The molecule has 0 aromatic carbocycles. The van der Waals surface area contributed by atoms with Gasteiger partial charge in [0.15, 0.2) is 5.65 Å². The molecule has 0 saturated heterocycles. The maximum atomic E-state index is 12.4. The lowest BCUT2D eigenvalue weighted by atomic mass is 10.0. The summed E-state index contributed by atoms with van der Waals surface area (Å²) in [5.74, 6) is 0.201. The first-order valence-electron chi connectivity index (χ1n) is 7.90. The molecule has 3 N–H and O–H groups in total. The Morgan fingerprint density at radius 1 is 1.48 bits per heavy atom. The average molecular weight is 344 g/mol. The van der Waals surface area contributed by atoms with Gasteiger partial charge in [-0.05, 0) is 37.1 Å². The van der Waals surface area contributed by atoms with E-state index >= 15 is 0 Å². The van der Waals surface area contributed by atoms with Crippen LogP contribution < -0.4 is 10.9 Å². The molecule has 1 atom stereocenters. The van der Waals surface area contributed by atoms with Crippen molar-refractivity contribution in [3.63, 3.8) is 0 Å². The Hall–Kier alpha value is -2.87. The Kier molecular flexibility index (Phi) is 4.45. The van der Waals surface area contributed by atoms with Crippen LogP contribution in [-0.2, 0) is 18.3 Å². The number of aliphatic hydroxyl groups is 1. The number of aromatic nitrogens is 3. The molecule has 132 valence electrons. The molecule has 0 aliphatic rings. The summed E-state index contributed by atoms with van der Waals surface area (Å²) in [4.78, 5) is 29.0. The molecule has 0 spiro atoms. The fourth-order valence-corrected chi connectivity index (χ4v) is 3.01. The summed E-state index contributed by atoms with van der Waals surface area (Å²) >= 11 is 0. The summed E-state index contributed by atoms with van der Waals surface area (Å²) in [5.41, 5.74) is 2.46. The molecule has 0 fully saturated rings. The van der Waals surface area contributed by atoms with Gasteiger partial charge in [0.05, 0.1) is 24.7 Å². The van der Waals surface area contributed by atoms with Gasteiger partial charge in [0.25, 0.3) is 5.56 Å². The zero-order chi connectivity index (χ0) is 18.1. The predicted octanol–water partition coefficient (Wildman–Crippen LogP) is 0.864. The van der Waals surface area contributed by atoms with E-state index < -0.39 is 6.04 Å². The molecule has 0 bridgehead atoms. The van der Waals surface area contributed by atoms with E-state index in [2.05, 4.69) is 15.4 Å². The second-order valence-corrected chi connectivity index (χ2v) is 5.99. The van der Waals surface area contributed by atoms with Crippen LogP contribution in [0.1, 0.15) is 28.6 Å². The molecule has 0 radical (unpaired) electrons. The fourth-order valence-electron chi connectivity index (χ4n) is 3.01. The summed E-state index contributed by atoms with van der Waals surface area (Å²) in [7, 11) is 1.72. The minimum Gasteiger partial charge on any atom is -0.467 e. The number of carbonyl (C=O) groups is 1. The summed E-state index contributed by atoms with van der Waals surface area (Å²) in [6.45, 7) is 3.35. The molecule has 0 saturated carbocycles. The Balaban J connectivity index is 1.88. The number of nitrogens with one attached hydrogen (secondary N) is 2. The van der Waals surface area contributed by atoms with E-state index in [9.17, 15) is 14.7 Å². The molecule has 8 nitrogen and oxygen atoms in total. The molecule has 3 aromatic rings. The van der Waals surface area contributed by atoms with Gasteiger partial charge in [-0.2, -0.15) is 0 Å². The Morgan fingerprint density at radius 2 is 2.24 bits per heavy atom. The Bertz CT molecular complexity index is 969. The summed E-state index contributed by atoms with van der Waals surface area (Å²) < 4.78 is 6.80. The lowest BCUT2D eigenvalue weighted by Gasteiger charge is -2.15. The number of hydrogen-bond acceptors (Lipinski definition) is 5. The highest BCUT2D eigenvalue weighted by atomic mass is 16.3. The van der Waals surface area contributed by atoms with Crippen molar-refractivity contribution < 1.29 is 14.3 Å². The first-order valence-corrected chi connectivity index (χ1v) is 7.90. The minimum atomic E-state index is -0.611. The van der Waals surface area contributed by atoms with Crippen molar-refractivity contribution in [2.75, 3.05) is 6.61 Å². The van der Waals surface area contributed by atoms with Gasteiger partial charge in [-0.1, -0.05) is 0 Å². The number of fused-ring (bicyclic) bond motifs is 1. The number of aromatic amines is 1. The number of nitrogens with zero attached hydrogens (tertiary/aromatic N) is 2. The van der Waals surface area contributed by atoms with Gasteiger partial charge >= 0.3 is 0 Å². The fraction of sp³-hybridized carbons (Fsp3) is 0.353. The standard InChI is InChI=1S/C17H20N4O4/c1-9-11(10(2)18-16-15(9)17(24)20-21(16)3)7-14(23)19-12(8-22)13-5-4-6-25-13/h4-6,12,22H,7-8H2,1-3H3,(H,19,23)(H,20,24). The number of aliphatic hydroxyl groups excluding tert-OH is 1. The van der Waals surface area contributed by atoms with Gasteiger partial charge < -0.3 is 14.8 Å². The van der Waals surface area contributed by atoms with Gasteiger partial charge in [0.2, 0.25) is 5.91 Å². The smallest absolute Gasteiger partial charge is 0.273 e. The van der Waals surface area contributed by atoms with Crippen molar-refractivity contribution in [2.45, 2.75) is 26.3 Å². The molecule has 0 aliphatic carbocycles. The highest BCUT2D eigenvalue weighted by molar-refractivity contribution is 5.84.